The molecular weight excluding hydrogens is 430 g/mol. The van der Waals surface area contributed by atoms with Crippen LogP contribution in [0.15, 0.2) is 42.9 Å². The lowest BCUT2D eigenvalue weighted by atomic mass is 10.1. The van der Waals surface area contributed by atoms with E-state index < -0.39 is 17.7 Å². The van der Waals surface area contributed by atoms with E-state index in [-0.39, 0.29) is 28.3 Å². The van der Waals surface area contributed by atoms with Gasteiger partial charge in [0.25, 0.3) is 5.88 Å². The molecule has 1 saturated heterocycles. The van der Waals surface area contributed by atoms with Crippen molar-refractivity contribution in [2.45, 2.75) is 13.0 Å². The summed E-state index contributed by atoms with van der Waals surface area (Å²) in [6.45, 7) is 8.69. The Morgan fingerprint density at radius 2 is 2.03 bits per heavy atom. The SMILES string of the molecule is C=C/C=C(\C(N)c1ncnc(Oc2cc(F)c3[nH]c(C)cc3c2F)c1OC)N1CCNCC1. The molecule has 0 aliphatic carbocycles. The molecule has 1 unspecified atom stereocenters. The van der Waals surface area contributed by atoms with Gasteiger partial charge in [0.2, 0.25) is 5.75 Å². The molecule has 0 bridgehead atoms. The molecule has 1 atom stereocenters. The minimum absolute atomic E-state index is 0.0684. The number of benzene rings is 1. The van der Waals surface area contributed by atoms with Crippen LogP contribution in [0.2, 0.25) is 0 Å². The van der Waals surface area contributed by atoms with Gasteiger partial charge >= 0.3 is 0 Å². The number of H-pyrrole nitrogens is 1. The molecule has 4 N–H and O–H groups in total. The van der Waals surface area contributed by atoms with E-state index in [9.17, 15) is 4.39 Å². The standard InChI is InChI=1S/C23H26F2N6O2/c1-4-5-16(31-8-6-27-7-9-31)19(26)21-22(32-3)23(29-12-28-21)33-17-11-15(24)20-14(18(17)25)10-13(2)30-20/h4-5,10-12,19,27,30H,1,6-9,26H2,2-3H3/b16-5+. The Morgan fingerprint density at radius 1 is 1.27 bits per heavy atom. The van der Waals surface area contributed by atoms with Crippen LogP contribution in [0.5, 0.6) is 17.4 Å². The van der Waals surface area contributed by atoms with Gasteiger partial charge in [-0.05, 0) is 19.1 Å². The molecule has 0 amide bonds. The molecule has 3 aromatic rings. The maximum absolute atomic E-state index is 15.1. The number of aromatic nitrogens is 3. The highest BCUT2D eigenvalue weighted by Gasteiger charge is 2.27. The smallest absolute Gasteiger partial charge is 0.266 e. The van der Waals surface area contributed by atoms with Gasteiger partial charge in [-0.2, -0.15) is 4.98 Å². The number of halogens is 2. The predicted molar refractivity (Wildman–Crippen MR) is 121 cm³/mol. The Bertz CT molecular complexity index is 1200. The minimum Gasteiger partial charge on any atom is -0.490 e. The molecule has 1 aliphatic rings. The number of methoxy groups -OCH3 is 1. The highest BCUT2D eigenvalue weighted by Crippen LogP contribution is 2.38. The first-order chi connectivity index (χ1) is 15.9. The minimum atomic E-state index is -0.713. The fourth-order valence-electron chi connectivity index (χ4n) is 3.96. The lowest BCUT2D eigenvalue weighted by Gasteiger charge is -2.34. The molecule has 1 aromatic carbocycles. The van der Waals surface area contributed by atoms with Crippen LogP contribution in [0.3, 0.4) is 0 Å². The van der Waals surface area contributed by atoms with Gasteiger partial charge < -0.3 is 30.4 Å². The van der Waals surface area contributed by atoms with Crippen molar-refractivity contribution in [3.63, 3.8) is 0 Å². The molecular formula is C23H26F2N6O2. The normalized spacial score (nSPS) is 15.5. The number of aryl methyl sites for hydroxylation is 1. The van der Waals surface area contributed by atoms with Gasteiger partial charge in [0.05, 0.1) is 18.7 Å². The molecule has 1 fully saturated rings. The van der Waals surface area contributed by atoms with Crippen molar-refractivity contribution in [1.82, 2.24) is 25.2 Å². The molecule has 4 rings (SSSR count). The third kappa shape index (κ3) is 4.39. The maximum Gasteiger partial charge on any atom is 0.266 e. The van der Waals surface area contributed by atoms with Crippen molar-refractivity contribution in [3.8, 4) is 17.4 Å². The monoisotopic (exact) mass is 456 g/mol. The molecule has 10 heteroatoms. The lowest BCUT2D eigenvalue weighted by molar-refractivity contribution is 0.279. The molecule has 1 aliphatic heterocycles. The van der Waals surface area contributed by atoms with E-state index in [1.165, 1.54) is 19.5 Å². The van der Waals surface area contributed by atoms with E-state index in [0.717, 1.165) is 37.9 Å². The Kier molecular flexibility index (Phi) is 6.57. The second-order valence-corrected chi connectivity index (χ2v) is 7.65. The summed E-state index contributed by atoms with van der Waals surface area (Å²) in [6, 6.07) is 1.80. The Labute approximate surface area is 190 Å². The van der Waals surface area contributed by atoms with Crippen LogP contribution in [0.25, 0.3) is 10.9 Å². The number of fused-ring (bicyclic) bond motifs is 1. The summed E-state index contributed by atoms with van der Waals surface area (Å²) in [7, 11) is 1.42. The summed E-state index contributed by atoms with van der Waals surface area (Å²) >= 11 is 0. The van der Waals surface area contributed by atoms with E-state index in [2.05, 4.69) is 31.7 Å². The van der Waals surface area contributed by atoms with Crippen LogP contribution < -0.4 is 20.5 Å². The first-order valence-corrected chi connectivity index (χ1v) is 10.5. The van der Waals surface area contributed by atoms with Crippen LogP contribution in [0, 0.1) is 18.6 Å². The fraction of sp³-hybridized carbons (Fsp3) is 0.304. The quantitative estimate of drug-likeness (QED) is 0.469. The van der Waals surface area contributed by atoms with Gasteiger partial charge in [-0.1, -0.05) is 12.7 Å². The van der Waals surface area contributed by atoms with Crippen molar-refractivity contribution in [3.05, 3.63) is 65.9 Å². The number of hydrogen-bond donors (Lipinski definition) is 3. The number of ether oxygens (including phenoxy) is 2. The van der Waals surface area contributed by atoms with E-state index in [1.54, 1.807) is 13.0 Å². The summed E-state index contributed by atoms with van der Waals surface area (Å²) in [5.41, 5.74) is 8.44. The topological polar surface area (TPSA) is 101 Å². The number of nitrogens with one attached hydrogen (secondary N) is 2. The van der Waals surface area contributed by atoms with Gasteiger partial charge in [0, 0.05) is 49.0 Å². The van der Waals surface area contributed by atoms with E-state index in [0.29, 0.717) is 11.4 Å². The number of rotatable bonds is 7. The zero-order valence-corrected chi connectivity index (χ0v) is 18.5. The van der Waals surface area contributed by atoms with Crippen molar-refractivity contribution in [2.75, 3.05) is 33.3 Å². The first-order valence-electron chi connectivity index (χ1n) is 10.5. The summed E-state index contributed by atoms with van der Waals surface area (Å²) in [5, 5.41) is 3.38. The Hall–Kier alpha value is -3.50. The molecule has 0 spiro atoms. The van der Waals surface area contributed by atoms with Crippen LogP contribution in [-0.2, 0) is 0 Å². The zero-order valence-electron chi connectivity index (χ0n) is 18.5. The summed E-state index contributed by atoms with van der Waals surface area (Å²) in [4.78, 5) is 13.3. The fourth-order valence-corrected chi connectivity index (χ4v) is 3.96. The van der Waals surface area contributed by atoms with Gasteiger partial charge in [0.15, 0.2) is 17.4 Å². The van der Waals surface area contributed by atoms with E-state index in [1.807, 2.05) is 6.08 Å². The third-order valence-corrected chi connectivity index (χ3v) is 5.50. The van der Waals surface area contributed by atoms with Crippen molar-refractivity contribution >= 4 is 10.9 Å². The second kappa shape index (κ2) is 9.55. The predicted octanol–water partition coefficient (Wildman–Crippen LogP) is 3.32. The number of nitrogens with zero attached hydrogens (tertiary/aromatic N) is 3. The van der Waals surface area contributed by atoms with Crippen molar-refractivity contribution in [1.29, 1.82) is 0 Å². The van der Waals surface area contributed by atoms with Crippen molar-refractivity contribution in [2.24, 2.45) is 5.73 Å². The summed E-state index contributed by atoms with van der Waals surface area (Å²) < 4.78 is 40.8. The lowest BCUT2D eigenvalue weighted by Crippen LogP contribution is -2.44. The number of piperazine rings is 1. The molecule has 174 valence electrons. The Balaban J connectivity index is 1.72. The molecule has 33 heavy (non-hydrogen) atoms. The van der Waals surface area contributed by atoms with Crippen LogP contribution in [0.4, 0.5) is 8.78 Å². The van der Waals surface area contributed by atoms with Gasteiger partial charge in [-0.15, -0.1) is 0 Å². The summed E-state index contributed by atoms with van der Waals surface area (Å²) in [6.07, 6.45) is 4.74. The number of allylic oxidation sites excluding steroid dienone is 2. The van der Waals surface area contributed by atoms with Crippen LogP contribution in [-0.4, -0.2) is 53.1 Å². The summed E-state index contributed by atoms with van der Waals surface area (Å²) in [5.74, 6) is -1.61. The number of aromatic amines is 1. The van der Waals surface area contributed by atoms with Crippen molar-refractivity contribution < 1.29 is 18.3 Å². The number of hydrogen-bond acceptors (Lipinski definition) is 7. The zero-order chi connectivity index (χ0) is 23.5. The van der Waals surface area contributed by atoms with E-state index >= 15 is 4.39 Å². The molecule has 0 radical (unpaired) electrons. The largest absolute Gasteiger partial charge is 0.490 e. The van der Waals surface area contributed by atoms with Gasteiger partial charge in [0.1, 0.15) is 12.0 Å². The van der Waals surface area contributed by atoms with Crippen LogP contribution >= 0.6 is 0 Å². The molecule has 0 saturated carbocycles. The van der Waals surface area contributed by atoms with Gasteiger partial charge in [-0.25, -0.2) is 13.8 Å². The first kappa shape index (κ1) is 22.7. The third-order valence-electron chi connectivity index (χ3n) is 5.50. The van der Waals surface area contributed by atoms with Gasteiger partial charge in [-0.3, -0.25) is 0 Å². The van der Waals surface area contributed by atoms with E-state index in [4.69, 9.17) is 15.2 Å². The molecule has 2 aromatic heterocycles. The average Bonchev–Trinajstić information content (AvgIpc) is 3.23. The highest BCUT2D eigenvalue weighted by molar-refractivity contribution is 5.83. The highest BCUT2D eigenvalue weighted by atomic mass is 19.1. The molecule has 3 heterocycles. The average molecular weight is 456 g/mol. The molecule has 8 nitrogen and oxygen atoms in total. The second-order valence-electron chi connectivity index (χ2n) is 7.65. The van der Waals surface area contributed by atoms with Crippen LogP contribution in [0.1, 0.15) is 17.4 Å². The number of nitrogens with two attached hydrogens (primary N) is 1. The maximum atomic E-state index is 15.1. The Morgan fingerprint density at radius 3 is 2.73 bits per heavy atom.